The Morgan fingerprint density at radius 2 is 2.00 bits per heavy atom. The van der Waals surface area contributed by atoms with Gasteiger partial charge in [0.1, 0.15) is 6.07 Å². The van der Waals surface area contributed by atoms with Crippen molar-refractivity contribution in [3.8, 4) is 6.07 Å². The van der Waals surface area contributed by atoms with Gasteiger partial charge in [0.25, 0.3) is 0 Å². The number of benzene rings is 1. The molecule has 0 radical (unpaired) electrons. The molecule has 128 valence electrons. The smallest absolute Gasteiger partial charge is 0.199 e. The van der Waals surface area contributed by atoms with Crippen molar-refractivity contribution in [3.63, 3.8) is 0 Å². The first-order valence-corrected chi connectivity index (χ1v) is 8.71. The van der Waals surface area contributed by atoms with E-state index in [9.17, 15) is 4.39 Å². The molecule has 0 spiro atoms. The van der Waals surface area contributed by atoms with E-state index in [0.29, 0.717) is 5.92 Å². The van der Waals surface area contributed by atoms with Crippen LogP contribution in [0.1, 0.15) is 56.1 Å². The van der Waals surface area contributed by atoms with Gasteiger partial charge in [0, 0.05) is 7.11 Å². The largest absolute Gasteiger partial charge is 0.374 e. The van der Waals surface area contributed by atoms with Gasteiger partial charge in [-0.15, -0.1) is 0 Å². The van der Waals surface area contributed by atoms with Crippen LogP contribution in [-0.2, 0) is 11.2 Å². The first-order valence-electron chi connectivity index (χ1n) is 8.71. The van der Waals surface area contributed by atoms with E-state index in [2.05, 4.69) is 31.2 Å². The second-order valence-corrected chi connectivity index (χ2v) is 6.52. The van der Waals surface area contributed by atoms with Crippen molar-refractivity contribution >= 4 is 0 Å². The van der Waals surface area contributed by atoms with E-state index in [1.807, 2.05) is 6.08 Å². The number of hydrogen-bond acceptors (Lipinski definition) is 2. The molecule has 0 amide bonds. The number of hydrogen-bond donors (Lipinski definition) is 0. The summed E-state index contributed by atoms with van der Waals surface area (Å²) in [4.78, 5) is 0. The van der Waals surface area contributed by atoms with Crippen molar-refractivity contribution in [3.05, 3.63) is 59.4 Å². The Balaban J connectivity index is 1.99. The van der Waals surface area contributed by atoms with E-state index >= 15 is 0 Å². The highest BCUT2D eigenvalue weighted by molar-refractivity contribution is 5.27. The second kappa shape index (κ2) is 8.80. The highest BCUT2D eigenvalue weighted by Crippen LogP contribution is 2.40. The van der Waals surface area contributed by atoms with E-state index in [1.165, 1.54) is 29.7 Å². The molecule has 0 aliphatic heterocycles. The number of allylic oxidation sites excluding steroid dienone is 3. The zero-order valence-electron chi connectivity index (χ0n) is 14.6. The molecule has 2 nitrogen and oxygen atoms in total. The van der Waals surface area contributed by atoms with Gasteiger partial charge in [-0.05, 0) is 55.2 Å². The summed E-state index contributed by atoms with van der Waals surface area (Å²) in [5, 5.41) is 8.45. The van der Waals surface area contributed by atoms with Crippen LogP contribution in [0.3, 0.4) is 0 Å². The topological polar surface area (TPSA) is 33.0 Å². The van der Waals surface area contributed by atoms with Crippen LogP contribution in [-0.4, -0.2) is 12.7 Å². The number of aryl methyl sites for hydroxylation is 1. The van der Waals surface area contributed by atoms with Crippen LogP contribution in [0, 0.1) is 11.3 Å². The zero-order valence-corrected chi connectivity index (χ0v) is 14.6. The number of rotatable bonds is 6. The number of ether oxygens (including phenoxy) is 1. The standard InChI is InChI=1S/C21H26FNO/c1-3-5-17-7-9-18(10-8-17)19-11-14-21(24-2,15-12-19)13-4-6-20(22)16-23/h4,6-10,13,19H,3,5,11-12,14-15H2,1-2H3/t19-,21+. The minimum atomic E-state index is -0.779. The van der Waals surface area contributed by atoms with Gasteiger partial charge in [0.05, 0.1) is 5.60 Å². The third-order valence-corrected chi connectivity index (χ3v) is 4.98. The van der Waals surface area contributed by atoms with Crippen LogP contribution in [0.4, 0.5) is 4.39 Å². The maximum absolute atomic E-state index is 12.9. The third kappa shape index (κ3) is 4.79. The summed E-state index contributed by atoms with van der Waals surface area (Å²) in [5.41, 5.74) is 2.46. The van der Waals surface area contributed by atoms with Gasteiger partial charge in [0.15, 0.2) is 5.83 Å². The monoisotopic (exact) mass is 327 g/mol. The molecule has 0 aromatic heterocycles. The lowest BCUT2D eigenvalue weighted by Gasteiger charge is -2.37. The summed E-state index contributed by atoms with van der Waals surface area (Å²) < 4.78 is 18.6. The number of nitrogens with zero attached hydrogens (tertiary/aromatic N) is 1. The molecule has 3 heteroatoms. The lowest BCUT2D eigenvalue weighted by atomic mass is 9.75. The molecule has 1 saturated carbocycles. The van der Waals surface area contributed by atoms with E-state index in [1.54, 1.807) is 13.2 Å². The molecule has 1 aliphatic rings. The SMILES string of the molecule is CCCc1ccc([C@H]2CC[C@@](C=CC=C(F)C#N)(OC)CC2)cc1. The molecule has 0 bridgehead atoms. The van der Waals surface area contributed by atoms with Crippen molar-refractivity contribution in [1.29, 1.82) is 5.26 Å². The van der Waals surface area contributed by atoms with E-state index in [4.69, 9.17) is 10.00 Å². The van der Waals surface area contributed by atoms with Gasteiger partial charge in [0.2, 0.25) is 0 Å². The number of halogens is 1. The summed E-state index contributed by atoms with van der Waals surface area (Å²) in [6.45, 7) is 2.20. The Kier molecular flexibility index (Phi) is 6.75. The Morgan fingerprint density at radius 3 is 2.54 bits per heavy atom. The minimum Gasteiger partial charge on any atom is -0.374 e. The van der Waals surface area contributed by atoms with Crippen molar-refractivity contribution in [2.75, 3.05) is 7.11 Å². The van der Waals surface area contributed by atoms with Crippen molar-refractivity contribution < 1.29 is 9.13 Å². The zero-order chi connectivity index (χ0) is 17.4. The molecule has 1 aromatic rings. The summed E-state index contributed by atoms with van der Waals surface area (Å²) in [7, 11) is 1.70. The minimum absolute atomic E-state index is 0.342. The number of nitriles is 1. The van der Waals surface area contributed by atoms with Crippen LogP contribution in [0.2, 0.25) is 0 Å². The molecule has 0 atom stereocenters. The summed E-state index contributed by atoms with van der Waals surface area (Å²) >= 11 is 0. The Morgan fingerprint density at radius 1 is 1.33 bits per heavy atom. The van der Waals surface area contributed by atoms with Crippen LogP contribution in [0.5, 0.6) is 0 Å². The highest BCUT2D eigenvalue weighted by Gasteiger charge is 2.33. The quantitative estimate of drug-likeness (QED) is 0.502. The van der Waals surface area contributed by atoms with Gasteiger partial charge < -0.3 is 4.74 Å². The van der Waals surface area contributed by atoms with E-state index in [-0.39, 0.29) is 5.60 Å². The fourth-order valence-corrected chi connectivity index (χ4v) is 3.47. The molecule has 2 rings (SSSR count). The molecule has 24 heavy (non-hydrogen) atoms. The first kappa shape index (κ1) is 18.4. The van der Waals surface area contributed by atoms with Gasteiger partial charge in [-0.2, -0.15) is 9.65 Å². The molecule has 1 aliphatic carbocycles. The highest BCUT2D eigenvalue weighted by atomic mass is 19.1. The lowest BCUT2D eigenvalue weighted by molar-refractivity contribution is -0.00220. The summed E-state index contributed by atoms with van der Waals surface area (Å²) in [6, 6.07) is 10.5. The average Bonchev–Trinajstić information content (AvgIpc) is 2.63. The van der Waals surface area contributed by atoms with Crippen LogP contribution < -0.4 is 0 Å². The van der Waals surface area contributed by atoms with E-state index < -0.39 is 5.83 Å². The summed E-state index contributed by atoms with van der Waals surface area (Å²) in [5.74, 6) is -0.220. The van der Waals surface area contributed by atoms with Gasteiger partial charge in [-0.3, -0.25) is 0 Å². The van der Waals surface area contributed by atoms with Crippen molar-refractivity contribution in [2.45, 2.75) is 57.0 Å². The van der Waals surface area contributed by atoms with Gasteiger partial charge >= 0.3 is 0 Å². The van der Waals surface area contributed by atoms with Crippen molar-refractivity contribution in [2.24, 2.45) is 0 Å². The summed E-state index contributed by atoms with van der Waals surface area (Å²) in [6.07, 6.45) is 10.9. The predicted molar refractivity (Wildman–Crippen MR) is 95.3 cm³/mol. The Labute approximate surface area is 144 Å². The van der Waals surface area contributed by atoms with Crippen LogP contribution >= 0.6 is 0 Å². The van der Waals surface area contributed by atoms with Gasteiger partial charge in [-0.1, -0.05) is 49.8 Å². The molecule has 0 N–H and O–H groups in total. The maximum Gasteiger partial charge on any atom is 0.199 e. The van der Waals surface area contributed by atoms with Crippen molar-refractivity contribution in [1.82, 2.24) is 0 Å². The predicted octanol–water partition coefficient (Wildman–Crippen LogP) is 5.62. The Hall–Kier alpha value is -1.92. The molecular weight excluding hydrogens is 301 g/mol. The molecule has 0 heterocycles. The normalized spacial score (nSPS) is 24.9. The van der Waals surface area contributed by atoms with Gasteiger partial charge in [-0.25, -0.2) is 0 Å². The van der Waals surface area contributed by atoms with E-state index in [0.717, 1.165) is 32.1 Å². The number of methoxy groups -OCH3 is 1. The average molecular weight is 327 g/mol. The van der Waals surface area contributed by atoms with Crippen LogP contribution in [0.15, 0.2) is 48.3 Å². The fraction of sp³-hybridized carbons (Fsp3) is 0.476. The maximum atomic E-state index is 12.9. The van der Waals surface area contributed by atoms with Crippen LogP contribution in [0.25, 0.3) is 0 Å². The molecule has 0 saturated heterocycles. The molecular formula is C21H26FNO. The second-order valence-electron chi connectivity index (χ2n) is 6.52. The fourth-order valence-electron chi connectivity index (χ4n) is 3.47. The first-order chi connectivity index (χ1) is 11.6. The molecule has 0 unspecified atom stereocenters. The molecule has 1 fully saturated rings. The Bertz CT molecular complexity index is 616. The third-order valence-electron chi connectivity index (χ3n) is 4.98. The lowest BCUT2D eigenvalue weighted by Crippen LogP contribution is -2.33. The molecule has 1 aromatic carbocycles.